The Morgan fingerprint density at radius 3 is 2.09 bits per heavy atom. The molecule has 6 heteroatoms. The van der Waals surface area contributed by atoms with Crippen molar-refractivity contribution in [3.8, 4) is 16.8 Å². The molecule has 0 saturated heterocycles. The quantitative estimate of drug-likeness (QED) is 0.188. The third kappa shape index (κ3) is 5.64. The Kier molecular flexibility index (Phi) is 7.85. The van der Waals surface area contributed by atoms with E-state index in [2.05, 4.69) is 210 Å². The van der Waals surface area contributed by atoms with Crippen LogP contribution in [0.25, 0.3) is 102 Å². The van der Waals surface area contributed by atoms with Crippen LogP contribution in [0.1, 0.15) is 22.9 Å². The predicted octanol–water partition coefficient (Wildman–Crippen LogP) is 15.5. The highest BCUT2D eigenvalue weighted by atomic mass is 32.1. The van der Waals surface area contributed by atoms with E-state index in [0.717, 1.165) is 83.1 Å². The summed E-state index contributed by atoms with van der Waals surface area (Å²) < 4.78 is 11.8. The van der Waals surface area contributed by atoms with Crippen LogP contribution in [0.15, 0.2) is 221 Å². The number of nitrogens with one attached hydrogen (secondary N) is 1. The molecule has 1 atom stereocenters. The molecule has 1 aliphatic rings. The lowest BCUT2D eigenvalue weighted by Gasteiger charge is -2.24. The maximum absolute atomic E-state index is 6.81. The van der Waals surface area contributed by atoms with Crippen molar-refractivity contribution in [2.75, 3.05) is 0 Å². The van der Waals surface area contributed by atoms with E-state index in [1.807, 2.05) is 17.4 Å². The molecule has 1 aliphatic heterocycles. The van der Waals surface area contributed by atoms with Crippen molar-refractivity contribution in [1.82, 2.24) is 9.88 Å². The van der Waals surface area contributed by atoms with Crippen LogP contribution >= 0.6 is 11.3 Å². The van der Waals surface area contributed by atoms with Gasteiger partial charge in [0.2, 0.25) is 0 Å². The number of para-hydroxylation sites is 1. The van der Waals surface area contributed by atoms with Gasteiger partial charge >= 0.3 is 0 Å². The number of aliphatic imine (C=N–C) groups is 2. The van der Waals surface area contributed by atoms with E-state index in [9.17, 15) is 0 Å². The second kappa shape index (κ2) is 14.1. The van der Waals surface area contributed by atoms with Gasteiger partial charge in [0.15, 0.2) is 5.84 Å². The highest BCUT2D eigenvalue weighted by molar-refractivity contribution is 7.25. The maximum Gasteiger partial charge on any atom is 0.159 e. The zero-order valence-electron chi connectivity index (χ0n) is 34.9. The smallest absolute Gasteiger partial charge is 0.159 e. The Balaban J connectivity index is 1.04. The topological polar surface area (TPSA) is 54.8 Å². The van der Waals surface area contributed by atoms with Crippen molar-refractivity contribution < 1.29 is 4.42 Å². The summed E-state index contributed by atoms with van der Waals surface area (Å²) >= 11 is 1.82. The summed E-state index contributed by atoms with van der Waals surface area (Å²) in [6.07, 6.45) is -0.347. The van der Waals surface area contributed by atoms with Gasteiger partial charge in [0.1, 0.15) is 23.2 Å². The first-order chi connectivity index (χ1) is 32.2. The molecule has 13 aromatic rings. The monoisotopic (exact) mass is 848 g/mol. The Labute approximate surface area is 376 Å². The SMILES string of the molecule is c1ccc(C2N=C(c3ccc(-n4c5ccccc5c5cc6ccccc6cc54)c(-c4cccc5oc6c7ccccc7ccc6c45)c3)N=C(c3ccc4c(c3)sc3ccccc34)N2)cc1. The maximum atomic E-state index is 6.81. The second-order valence-electron chi connectivity index (χ2n) is 16.9. The number of hydrogen-bond donors (Lipinski definition) is 1. The molecule has 0 aliphatic carbocycles. The lowest BCUT2D eigenvalue weighted by molar-refractivity contribution is 0.673. The lowest BCUT2D eigenvalue weighted by atomic mass is 9.95. The average molecular weight is 849 g/mol. The fourth-order valence-corrected chi connectivity index (χ4v) is 11.3. The van der Waals surface area contributed by atoms with Crippen LogP contribution in [0.2, 0.25) is 0 Å². The van der Waals surface area contributed by atoms with Crippen molar-refractivity contribution in [3.63, 3.8) is 0 Å². The van der Waals surface area contributed by atoms with Crippen molar-refractivity contribution >= 4 is 108 Å². The Bertz CT molecular complexity index is 4170. The number of thiophene rings is 1. The first kappa shape index (κ1) is 36.2. The zero-order valence-corrected chi connectivity index (χ0v) is 35.7. The first-order valence-corrected chi connectivity index (χ1v) is 22.8. The van der Waals surface area contributed by atoms with Crippen molar-refractivity contribution in [2.45, 2.75) is 6.17 Å². The third-order valence-corrected chi connectivity index (χ3v) is 14.4. The van der Waals surface area contributed by atoms with Gasteiger partial charge in [-0.15, -0.1) is 11.3 Å². The molecule has 0 saturated carbocycles. The van der Waals surface area contributed by atoms with E-state index in [4.69, 9.17) is 14.4 Å². The van der Waals surface area contributed by atoms with E-state index in [1.165, 1.54) is 41.7 Å². The van der Waals surface area contributed by atoms with Gasteiger partial charge in [-0.2, -0.15) is 0 Å². The highest BCUT2D eigenvalue weighted by Gasteiger charge is 2.25. The van der Waals surface area contributed by atoms with Gasteiger partial charge in [-0.3, -0.25) is 0 Å². The van der Waals surface area contributed by atoms with Crippen molar-refractivity contribution in [3.05, 3.63) is 223 Å². The highest BCUT2D eigenvalue weighted by Crippen LogP contribution is 2.44. The summed E-state index contributed by atoms with van der Waals surface area (Å²) in [6.45, 7) is 0. The predicted molar refractivity (Wildman–Crippen MR) is 273 cm³/mol. The summed E-state index contributed by atoms with van der Waals surface area (Å²) in [5.41, 5.74) is 10.2. The Morgan fingerprint density at radius 1 is 0.477 bits per heavy atom. The molecule has 0 amide bonds. The van der Waals surface area contributed by atoms with Crippen LogP contribution in [-0.4, -0.2) is 16.2 Å². The molecule has 0 bridgehead atoms. The lowest BCUT2D eigenvalue weighted by Crippen LogP contribution is -2.33. The van der Waals surface area contributed by atoms with Gasteiger partial charge in [0.05, 0.1) is 16.7 Å². The molecular formula is C59H36N4OS. The van der Waals surface area contributed by atoms with Gasteiger partial charge in [-0.1, -0.05) is 146 Å². The summed E-state index contributed by atoms with van der Waals surface area (Å²) in [7, 11) is 0. The van der Waals surface area contributed by atoms with Gasteiger partial charge in [0.25, 0.3) is 0 Å². The zero-order chi connectivity index (χ0) is 42.6. The first-order valence-electron chi connectivity index (χ1n) is 22.0. The molecule has 65 heavy (non-hydrogen) atoms. The van der Waals surface area contributed by atoms with Crippen LogP contribution in [-0.2, 0) is 0 Å². The molecule has 10 aromatic carbocycles. The minimum absolute atomic E-state index is 0.347. The molecule has 5 nitrogen and oxygen atoms in total. The van der Waals surface area contributed by atoms with Gasteiger partial charge < -0.3 is 14.3 Å². The third-order valence-electron chi connectivity index (χ3n) is 13.2. The fraction of sp³-hybridized carbons (Fsp3) is 0.0169. The Morgan fingerprint density at radius 2 is 1.20 bits per heavy atom. The number of benzene rings is 10. The molecule has 3 aromatic heterocycles. The van der Waals surface area contributed by atoms with Crippen LogP contribution in [0.5, 0.6) is 0 Å². The average Bonchev–Trinajstić information content (AvgIpc) is 4.05. The van der Waals surface area contributed by atoms with E-state index in [-0.39, 0.29) is 6.17 Å². The number of amidine groups is 2. The van der Waals surface area contributed by atoms with E-state index in [1.54, 1.807) is 0 Å². The molecule has 1 N–H and O–H groups in total. The number of nitrogens with zero attached hydrogens (tertiary/aromatic N) is 3. The largest absolute Gasteiger partial charge is 0.455 e. The molecule has 0 fully saturated rings. The van der Waals surface area contributed by atoms with Crippen LogP contribution < -0.4 is 5.32 Å². The van der Waals surface area contributed by atoms with Gasteiger partial charge in [-0.25, -0.2) is 9.98 Å². The number of furan rings is 1. The molecule has 14 rings (SSSR count). The fourth-order valence-electron chi connectivity index (χ4n) is 10.2. The summed E-state index contributed by atoms with van der Waals surface area (Å²) in [5.74, 6) is 1.46. The molecule has 0 spiro atoms. The van der Waals surface area contributed by atoms with Crippen molar-refractivity contribution in [1.29, 1.82) is 0 Å². The van der Waals surface area contributed by atoms with Gasteiger partial charge in [-0.05, 0) is 87.9 Å². The number of fused-ring (bicyclic) bond motifs is 12. The van der Waals surface area contributed by atoms with Crippen molar-refractivity contribution in [2.24, 2.45) is 9.98 Å². The minimum atomic E-state index is -0.347. The summed E-state index contributed by atoms with van der Waals surface area (Å²) in [4.78, 5) is 10.8. The van der Waals surface area contributed by atoms with E-state index in [0.29, 0.717) is 5.84 Å². The van der Waals surface area contributed by atoms with E-state index >= 15 is 0 Å². The minimum Gasteiger partial charge on any atom is -0.455 e. The molecule has 4 heterocycles. The van der Waals surface area contributed by atoms with Crippen LogP contribution in [0, 0.1) is 0 Å². The van der Waals surface area contributed by atoms with Crippen LogP contribution in [0.4, 0.5) is 0 Å². The van der Waals surface area contributed by atoms with E-state index < -0.39 is 0 Å². The second-order valence-corrected chi connectivity index (χ2v) is 18.0. The normalized spacial score (nSPS) is 14.3. The van der Waals surface area contributed by atoms with Crippen LogP contribution in [0.3, 0.4) is 0 Å². The number of rotatable bonds is 5. The Hall–Kier alpha value is -8.32. The molecular weight excluding hydrogens is 813 g/mol. The number of aromatic nitrogens is 1. The molecule has 0 radical (unpaired) electrons. The molecule has 1 unspecified atom stereocenters. The summed E-state index contributed by atoms with van der Waals surface area (Å²) in [6, 6.07) is 74.0. The standard InChI is InChI=1S/C59H36N4OS/c1-2-14-36(15-3-1)57-60-58(62-59(61-57)40-26-28-44-43-20-9-11-24-53(43)65-54(44)34-40)39-27-30-50(63-49-22-10-8-19-42(49)47-31-37-16-4-5-17-38(37)33-51(47)63)48(32-39)45-21-12-23-52-55(45)46-29-25-35-13-6-7-18-41(35)56(46)64-52/h1-34,57H,(H,60,61,62). The van der Waals surface area contributed by atoms with Gasteiger partial charge in [0, 0.05) is 63.8 Å². The molecule has 304 valence electrons. The summed E-state index contributed by atoms with van der Waals surface area (Å²) in [5, 5.41) is 15.5. The number of hydrogen-bond acceptors (Lipinski definition) is 5.